The number of rotatable bonds is 3. The molecule has 2 amide bonds. The minimum Gasteiger partial charge on any atom is -0.480 e. The third-order valence-electron chi connectivity index (χ3n) is 3.47. The molecule has 1 saturated heterocycles. The third-order valence-corrected chi connectivity index (χ3v) is 3.79. The van der Waals surface area contributed by atoms with Gasteiger partial charge in [-0.2, -0.15) is 0 Å². The first-order valence-corrected chi connectivity index (χ1v) is 7.14. The van der Waals surface area contributed by atoms with Crippen LogP contribution in [0.25, 0.3) is 0 Å². The highest BCUT2D eigenvalue weighted by Gasteiger charge is 2.24. The maximum Gasteiger partial charge on any atom is 0.325 e. The fourth-order valence-electron chi connectivity index (χ4n) is 2.20. The van der Waals surface area contributed by atoms with Crippen molar-refractivity contribution >= 4 is 29.3 Å². The van der Waals surface area contributed by atoms with Crippen LogP contribution in [-0.4, -0.2) is 54.2 Å². The highest BCUT2D eigenvalue weighted by atomic mass is 35.5. The summed E-state index contributed by atoms with van der Waals surface area (Å²) in [6.07, 6.45) is 0. The van der Waals surface area contributed by atoms with Crippen LogP contribution in [0.15, 0.2) is 24.3 Å². The minimum absolute atomic E-state index is 0.344. The molecule has 1 aliphatic rings. The zero-order valence-electron chi connectivity index (χ0n) is 11.8. The molecular weight excluding hydrogens is 294 g/mol. The molecule has 0 saturated carbocycles. The van der Waals surface area contributed by atoms with E-state index in [-0.39, 0.29) is 6.03 Å². The van der Waals surface area contributed by atoms with Crippen molar-refractivity contribution in [3.63, 3.8) is 0 Å². The molecule has 1 fully saturated rings. The Bertz CT molecular complexity index is 530. The molecule has 0 spiro atoms. The van der Waals surface area contributed by atoms with Gasteiger partial charge in [0.05, 0.1) is 10.7 Å². The Hall–Kier alpha value is -1.95. The number of anilines is 1. The summed E-state index contributed by atoms with van der Waals surface area (Å²) >= 11 is 6.16. The van der Waals surface area contributed by atoms with E-state index in [0.717, 1.165) is 5.69 Å². The van der Waals surface area contributed by atoms with Crippen molar-refractivity contribution in [2.45, 2.75) is 13.0 Å². The Morgan fingerprint density at radius 1 is 1.24 bits per heavy atom. The smallest absolute Gasteiger partial charge is 0.325 e. The summed E-state index contributed by atoms with van der Waals surface area (Å²) in [6, 6.07) is 6.36. The number of hydrogen-bond acceptors (Lipinski definition) is 3. The molecule has 1 aromatic rings. The second-order valence-corrected chi connectivity index (χ2v) is 5.34. The van der Waals surface area contributed by atoms with Gasteiger partial charge in [-0.05, 0) is 19.1 Å². The van der Waals surface area contributed by atoms with E-state index in [2.05, 4.69) is 10.2 Å². The van der Waals surface area contributed by atoms with Gasteiger partial charge in [0.25, 0.3) is 0 Å². The van der Waals surface area contributed by atoms with Gasteiger partial charge in [-0.3, -0.25) is 4.79 Å². The molecule has 0 radical (unpaired) electrons. The van der Waals surface area contributed by atoms with Crippen molar-refractivity contribution in [2.24, 2.45) is 0 Å². The number of amides is 2. The first-order valence-electron chi connectivity index (χ1n) is 6.77. The number of aliphatic carboxylic acids is 1. The summed E-state index contributed by atoms with van der Waals surface area (Å²) in [6.45, 7) is 3.84. The predicted molar refractivity (Wildman–Crippen MR) is 80.9 cm³/mol. The Morgan fingerprint density at radius 2 is 1.86 bits per heavy atom. The van der Waals surface area contributed by atoms with Gasteiger partial charge in [-0.25, -0.2) is 4.79 Å². The van der Waals surface area contributed by atoms with Crippen molar-refractivity contribution in [3.8, 4) is 0 Å². The normalized spacial score (nSPS) is 16.5. The molecule has 0 aromatic heterocycles. The van der Waals surface area contributed by atoms with Crippen molar-refractivity contribution in [3.05, 3.63) is 29.3 Å². The van der Waals surface area contributed by atoms with Crippen LogP contribution in [0.2, 0.25) is 5.02 Å². The number of piperazine rings is 1. The third kappa shape index (κ3) is 3.78. The summed E-state index contributed by atoms with van der Waals surface area (Å²) in [7, 11) is 0. The number of carboxylic acids is 1. The van der Waals surface area contributed by atoms with Crippen molar-refractivity contribution in [1.29, 1.82) is 0 Å². The fraction of sp³-hybridized carbons (Fsp3) is 0.429. The molecular formula is C14H18ClN3O3. The molecule has 1 aliphatic heterocycles. The van der Waals surface area contributed by atoms with Crippen LogP contribution in [0.3, 0.4) is 0 Å². The lowest BCUT2D eigenvalue weighted by Crippen LogP contribution is -2.54. The van der Waals surface area contributed by atoms with Gasteiger partial charge in [0.1, 0.15) is 6.04 Å². The molecule has 2 rings (SSSR count). The average molecular weight is 312 g/mol. The van der Waals surface area contributed by atoms with Crippen LogP contribution in [0, 0.1) is 0 Å². The number of nitrogens with one attached hydrogen (secondary N) is 1. The van der Waals surface area contributed by atoms with Gasteiger partial charge in [0.15, 0.2) is 0 Å². The van der Waals surface area contributed by atoms with Crippen LogP contribution in [0.1, 0.15) is 6.92 Å². The first-order chi connectivity index (χ1) is 9.99. The number of halogens is 1. The van der Waals surface area contributed by atoms with E-state index >= 15 is 0 Å². The van der Waals surface area contributed by atoms with E-state index in [1.54, 1.807) is 4.90 Å². The lowest BCUT2D eigenvalue weighted by molar-refractivity contribution is -0.138. The summed E-state index contributed by atoms with van der Waals surface area (Å²) in [4.78, 5) is 26.4. The van der Waals surface area contributed by atoms with Crippen molar-refractivity contribution in [1.82, 2.24) is 10.2 Å². The minimum atomic E-state index is -1.04. The quantitative estimate of drug-likeness (QED) is 0.890. The molecule has 114 valence electrons. The Labute approximate surface area is 128 Å². The van der Waals surface area contributed by atoms with Crippen LogP contribution in [-0.2, 0) is 4.79 Å². The molecule has 6 nitrogen and oxygen atoms in total. The number of carboxylic acid groups (broad SMARTS) is 1. The number of nitrogens with zero attached hydrogens (tertiary/aromatic N) is 2. The van der Waals surface area contributed by atoms with Gasteiger partial charge in [0.2, 0.25) is 0 Å². The molecule has 0 unspecified atom stereocenters. The van der Waals surface area contributed by atoms with Gasteiger partial charge >= 0.3 is 12.0 Å². The second-order valence-electron chi connectivity index (χ2n) is 4.93. The number of carbonyl (C=O) groups excluding carboxylic acids is 1. The zero-order chi connectivity index (χ0) is 15.4. The topological polar surface area (TPSA) is 72.9 Å². The van der Waals surface area contributed by atoms with Gasteiger partial charge < -0.3 is 20.2 Å². The largest absolute Gasteiger partial charge is 0.480 e. The van der Waals surface area contributed by atoms with E-state index in [4.69, 9.17) is 16.7 Å². The van der Waals surface area contributed by atoms with Gasteiger partial charge in [-0.1, -0.05) is 23.7 Å². The molecule has 1 aromatic carbocycles. The predicted octanol–water partition coefficient (Wildman–Crippen LogP) is 1.64. The van der Waals surface area contributed by atoms with E-state index in [0.29, 0.717) is 31.2 Å². The highest BCUT2D eigenvalue weighted by molar-refractivity contribution is 6.33. The number of para-hydroxylation sites is 1. The molecule has 21 heavy (non-hydrogen) atoms. The van der Waals surface area contributed by atoms with Crippen molar-refractivity contribution in [2.75, 3.05) is 31.1 Å². The number of urea groups is 1. The monoisotopic (exact) mass is 311 g/mol. The van der Waals surface area contributed by atoms with Crippen LogP contribution < -0.4 is 10.2 Å². The standard InChI is InChI=1S/C14H18ClN3O3/c1-10(13(19)20)16-14(21)18-8-6-17(7-9-18)12-5-3-2-4-11(12)15/h2-5,10H,6-9H2,1H3,(H,16,21)(H,19,20)/t10-/m1/s1. The molecule has 1 heterocycles. The maximum absolute atomic E-state index is 11.9. The highest BCUT2D eigenvalue weighted by Crippen LogP contribution is 2.25. The SMILES string of the molecule is C[C@@H](NC(=O)N1CCN(c2ccccc2Cl)CC1)C(=O)O. The van der Waals surface area contributed by atoms with E-state index in [1.165, 1.54) is 6.92 Å². The lowest BCUT2D eigenvalue weighted by atomic mass is 10.2. The van der Waals surface area contributed by atoms with Crippen LogP contribution in [0.4, 0.5) is 10.5 Å². The first kappa shape index (κ1) is 15.4. The molecule has 0 bridgehead atoms. The summed E-state index contributed by atoms with van der Waals surface area (Å²) in [5.41, 5.74) is 0.957. The fourth-order valence-corrected chi connectivity index (χ4v) is 2.45. The Kier molecular flexibility index (Phi) is 4.90. The molecule has 2 N–H and O–H groups in total. The van der Waals surface area contributed by atoms with E-state index in [9.17, 15) is 9.59 Å². The van der Waals surface area contributed by atoms with Gasteiger partial charge in [-0.15, -0.1) is 0 Å². The van der Waals surface area contributed by atoms with Crippen molar-refractivity contribution < 1.29 is 14.7 Å². The van der Waals surface area contributed by atoms with Crippen LogP contribution in [0.5, 0.6) is 0 Å². The molecule has 1 atom stereocenters. The van der Waals surface area contributed by atoms with E-state index in [1.807, 2.05) is 24.3 Å². The van der Waals surface area contributed by atoms with Crippen LogP contribution >= 0.6 is 11.6 Å². The Balaban J connectivity index is 1.90. The molecule has 7 heteroatoms. The summed E-state index contributed by atoms with van der Waals surface area (Å²) in [5.74, 6) is -1.04. The zero-order valence-corrected chi connectivity index (χ0v) is 12.5. The Morgan fingerprint density at radius 3 is 2.43 bits per heavy atom. The second kappa shape index (κ2) is 6.67. The lowest BCUT2D eigenvalue weighted by Gasteiger charge is -2.36. The van der Waals surface area contributed by atoms with Gasteiger partial charge in [0, 0.05) is 26.2 Å². The summed E-state index contributed by atoms with van der Waals surface area (Å²) < 4.78 is 0. The maximum atomic E-state index is 11.9. The average Bonchev–Trinajstić information content (AvgIpc) is 2.47. The molecule has 0 aliphatic carbocycles. The van der Waals surface area contributed by atoms with E-state index < -0.39 is 12.0 Å². The number of hydrogen-bond donors (Lipinski definition) is 2. The number of carbonyl (C=O) groups is 2. The summed E-state index contributed by atoms with van der Waals surface area (Å²) in [5, 5.41) is 11.9. The number of benzene rings is 1.